The van der Waals surface area contributed by atoms with Crippen molar-refractivity contribution in [1.82, 2.24) is 0 Å². The Bertz CT molecular complexity index is 740. The van der Waals surface area contributed by atoms with Crippen LogP contribution in [0.25, 0.3) is 0 Å². The third kappa shape index (κ3) is 2.49. The molecule has 118 valence electrons. The number of benzene rings is 1. The Balaban J connectivity index is 2.55. The Labute approximate surface area is 134 Å². The van der Waals surface area contributed by atoms with Gasteiger partial charge in [0.05, 0.1) is 12.7 Å². The maximum absolute atomic E-state index is 12.3. The van der Waals surface area contributed by atoms with Crippen LogP contribution in [-0.2, 0) is 19.4 Å². The van der Waals surface area contributed by atoms with Gasteiger partial charge in [0.2, 0.25) is 0 Å². The first-order valence-corrected chi connectivity index (χ1v) is 9.00. The molecule has 0 bridgehead atoms. The highest BCUT2D eigenvalue weighted by Crippen LogP contribution is 2.63. The van der Waals surface area contributed by atoms with Crippen LogP contribution in [0.15, 0.2) is 24.3 Å². The number of nitrogens with zero attached hydrogens (tertiary/aromatic N) is 1. The van der Waals surface area contributed by atoms with E-state index in [2.05, 4.69) is 0 Å². The van der Waals surface area contributed by atoms with E-state index in [1.54, 1.807) is 31.2 Å². The highest BCUT2D eigenvalue weighted by atomic mass is 35.5. The summed E-state index contributed by atoms with van der Waals surface area (Å²) in [6.45, 7) is 3.20. The first-order valence-electron chi connectivity index (χ1n) is 6.90. The van der Waals surface area contributed by atoms with Gasteiger partial charge in [-0.05, 0) is 24.6 Å². The van der Waals surface area contributed by atoms with Crippen LogP contribution in [0.3, 0.4) is 0 Å². The third-order valence-corrected chi connectivity index (χ3v) is 6.39. The lowest BCUT2D eigenvalue weighted by Crippen LogP contribution is -2.26. The fourth-order valence-electron chi connectivity index (χ4n) is 2.84. The molecule has 0 unspecified atom stereocenters. The van der Waals surface area contributed by atoms with Crippen molar-refractivity contribution < 1.29 is 17.9 Å². The first kappa shape index (κ1) is 16.8. The smallest absolute Gasteiger partial charge is 0.328 e. The summed E-state index contributed by atoms with van der Waals surface area (Å²) >= 11 is 5.94. The Hall–Kier alpha value is -1.58. The summed E-state index contributed by atoms with van der Waals surface area (Å²) in [6, 6.07) is 8.47. The van der Waals surface area contributed by atoms with E-state index in [-0.39, 0.29) is 12.4 Å². The number of carbonyl (C=O) groups excluding carboxylic acids is 1. The van der Waals surface area contributed by atoms with Crippen molar-refractivity contribution in [3.63, 3.8) is 0 Å². The fraction of sp³-hybridized carbons (Fsp3) is 0.467. The van der Waals surface area contributed by atoms with Crippen LogP contribution < -0.4 is 0 Å². The molecule has 22 heavy (non-hydrogen) atoms. The van der Waals surface area contributed by atoms with Gasteiger partial charge < -0.3 is 4.74 Å². The van der Waals surface area contributed by atoms with E-state index in [1.807, 2.05) is 6.07 Å². The van der Waals surface area contributed by atoms with E-state index >= 15 is 0 Å². The van der Waals surface area contributed by atoms with E-state index in [9.17, 15) is 18.5 Å². The van der Waals surface area contributed by atoms with E-state index in [0.717, 1.165) is 0 Å². The molecule has 0 spiro atoms. The lowest BCUT2D eigenvalue weighted by atomic mass is 10.0. The summed E-state index contributed by atoms with van der Waals surface area (Å²) in [6.07, 6.45) is 0. The molecule has 0 aromatic heterocycles. The minimum absolute atomic E-state index is 0.0867. The van der Waals surface area contributed by atoms with Gasteiger partial charge in [-0.15, -0.1) is 0 Å². The lowest BCUT2D eigenvalue weighted by molar-refractivity contribution is -0.147. The number of sulfone groups is 1. The molecule has 5 nitrogen and oxygen atoms in total. The van der Waals surface area contributed by atoms with Crippen molar-refractivity contribution in [3.05, 3.63) is 34.9 Å². The summed E-state index contributed by atoms with van der Waals surface area (Å²) in [4.78, 5) is 12.3. The van der Waals surface area contributed by atoms with Gasteiger partial charge in [-0.1, -0.05) is 30.7 Å². The Morgan fingerprint density at radius 2 is 2.14 bits per heavy atom. The Morgan fingerprint density at radius 1 is 1.45 bits per heavy atom. The van der Waals surface area contributed by atoms with Crippen LogP contribution >= 0.6 is 11.6 Å². The second-order valence-electron chi connectivity index (χ2n) is 5.11. The second-order valence-corrected chi connectivity index (χ2v) is 7.95. The molecule has 2 rings (SSSR count). The topological polar surface area (TPSA) is 84.2 Å². The van der Waals surface area contributed by atoms with Crippen LogP contribution in [0.1, 0.15) is 25.3 Å². The normalized spacial score (nSPS) is 27.0. The number of halogens is 1. The highest BCUT2D eigenvalue weighted by Gasteiger charge is 2.77. The zero-order chi connectivity index (χ0) is 16.5. The van der Waals surface area contributed by atoms with E-state index in [0.29, 0.717) is 10.6 Å². The maximum atomic E-state index is 12.3. The van der Waals surface area contributed by atoms with Gasteiger partial charge in [0.1, 0.15) is 5.25 Å². The molecule has 1 aliphatic carbocycles. The molecule has 0 radical (unpaired) electrons. The molecular formula is C15H16ClNO4S. The molecule has 0 saturated heterocycles. The van der Waals surface area contributed by atoms with Crippen LogP contribution in [0, 0.1) is 16.7 Å². The van der Waals surface area contributed by atoms with Gasteiger partial charge in [-0.3, -0.25) is 4.79 Å². The van der Waals surface area contributed by atoms with Crippen LogP contribution in [-0.4, -0.2) is 32.0 Å². The van der Waals surface area contributed by atoms with Crippen LogP contribution in [0.2, 0.25) is 5.02 Å². The second kappa shape index (κ2) is 5.90. The minimum Gasteiger partial charge on any atom is -0.465 e. The predicted octanol–water partition coefficient (Wildman–Crippen LogP) is 2.31. The summed E-state index contributed by atoms with van der Waals surface area (Å²) in [7, 11) is -3.58. The van der Waals surface area contributed by atoms with Crippen LogP contribution in [0.5, 0.6) is 0 Å². The average molecular weight is 342 g/mol. The molecule has 1 saturated carbocycles. The highest BCUT2D eigenvalue weighted by molar-refractivity contribution is 7.92. The Morgan fingerprint density at radius 3 is 2.64 bits per heavy atom. The van der Waals surface area contributed by atoms with E-state index < -0.39 is 32.4 Å². The number of nitriles is 1. The number of hydrogen-bond acceptors (Lipinski definition) is 5. The van der Waals surface area contributed by atoms with Crippen molar-refractivity contribution in [2.45, 2.75) is 25.0 Å². The van der Waals surface area contributed by atoms with E-state index in [4.69, 9.17) is 16.3 Å². The van der Waals surface area contributed by atoms with Crippen molar-refractivity contribution in [2.75, 3.05) is 12.4 Å². The number of rotatable bonds is 5. The largest absolute Gasteiger partial charge is 0.465 e. The molecule has 1 aromatic carbocycles. The SMILES string of the molecule is CCOC(=O)[C@]1(C#N)[C@H](c2cccc(Cl)c2)[C@@H]1S(=O)(=O)CC. The molecule has 1 aliphatic rings. The lowest BCUT2D eigenvalue weighted by Gasteiger charge is -2.08. The molecule has 1 aromatic rings. The maximum Gasteiger partial charge on any atom is 0.328 e. The van der Waals surface area contributed by atoms with Gasteiger partial charge in [-0.25, -0.2) is 8.42 Å². The molecule has 0 aliphatic heterocycles. The number of carbonyl (C=O) groups is 1. The number of esters is 1. The van der Waals surface area contributed by atoms with E-state index in [1.165, 1.54) is 6.92 Å². The Kier molecular flexibility index (Phi) is 4.50. The molecule has 3 atom stereocenters. The van der Waals surface area contributed by atoms with Crippen molar-refractivity contribution in [2.24, 2.45) is 5.41 Å². The zero-order valence-electron chi connectivity index (χ0n) is 12.2. The van der Waals surface area contributed by atoms with Gasteiger partial charge in [0.25, 0.3) is 0 Å². The quantitative estimate of drug-likeness (QED) is 0.767. The molecule has 0 N–H and O–H groups in total. The van der Waals surface area contributed by atoms with Crippen molar-refractivity contribution >= 4 is 27.4 Å². The molecule has 0 heterocycles. The summed E-state index contributed by atoms with van der Waals surface area (Å²) in [5.74, 6) is -1.68. The third-order valence-electron chi connectivity index (χ3n) is 3.93. The molecule has 1 fully saturated rings. The number of ether oxygens (including phenoxy) is 1. The van der Waals surface area contributed by atoms with Gasteiger partial charge in [0.15, 0.2) is 15.3 Å². The van der Waals surface area contributed by atoms with Crippen molar-refractivity contribution in [1.29, 1.82) is 5.26 Å². The first-order chi connectivity index (χ1) is 10.3. The van der Waals surface area contributed by atoms with Crippen molar-refractivity contribution in [3.8, 4) is 6.07 Å². The molecule has 0 amide bonds. The standard InChI is InChI=1S/C15H16ClNO4S/c1-3-21-14(18)15(9-17)12(13(15)22(19,20)4-2)10-6-5-7-11(16)8-10/h5-8,12-13H,3-4H2,1-2H3/t12-,13+,15-/m1/s1. The van der Waals surface area contributed by atoms with Crippen LogP contribution in [0.4, 0.5) is 0 Å². The summed E-state index contributed by atoms with van der Waals surface area (Å²) in [5, 5.41) is 8.87. The predicted molar refractivity (Wildman–Crippen MR) is 82.1 cm³/mol. The fourth-order valence-corrected chi connectivity index (χ4v) is 4.96. The van der Waals surface area contributed by atoms with Gasteiger partial charge >= 0.3 is 5.97 Å². The van der Waals surface area contributed by atoms with Gasteiger partial charge in [-0.2, -0.15) is 5.26 Å². The number of hydrogen-bond donors (Lipinski definition) is 0. The molecule has 7 heteroatoms. The molecular weight excluding hydrogens is 326 g/mol. The monoisotopic (exact) mass is 341 g/mol. The van der Waals surface area contributed by atoms with Gasteiger partial charge in [0, 0.05) is 16.7 Å². The minimum atomic E-state index is -3.58. The summed E-state index contributed by atoms with van der Waals surface area (Å²) in [5.41, 5.74) is -1.13. The summed E-state index contributed by atoms with van der Waals surface area (Å²) < 4.78 is 29.6. The zero-order valence-corrected chi connectivity index (χ0v) is 13.8. The average Bonchev–Trinajstić information content (AvgIpc) is 3.19.